The average molecular weight is 399 g/mol. The summed E-state index contributed by atoms with van der Waals surface area (Å²) >= 11 is 0. The van der Waals surface area contributed by atoms with Gasteiger partial charge in [0.15, 0.2) is 0 Å². The molecule has 2 aromatic rings. The predicted molar refractivity (Wildman–Crippen MR) is 113 cm³/mol. The molecule has 29 heavy (non-hydrogen) atoms. The first-order valence-electron chi connectivity index (χ1n) is 9.97. The van der Waals surface area contributed by atoms with Gasteiger partial charge in [-0.15, -0.1) is 0 Å². The van der Waals surface area contributed by atoms with E-state index in [9.17, 15) is 14.4 Å². The molecule has 2 heterocycles. The van der Waals surface area contributed by atoms with Crippen molar-refractivity contribution < 1.29 is 9.59 Å². The molecule has 0 bridgehead atoms. The van der Waals surface area contributed by atoms with Crippen molar-refractivity contribution in [2.75, 3.05) is 6.54 Å². The Labute approximate surface area is 171 Å². The lowest BCUT2D eigenvalue weighted by Gasteiger charge is -2.14. The van der Waals surface area contributed by atoms with Gasteiger partial charge in [0, 0.05) is 44.4 Å². The number of amides is 2. The van der Waals surface area contributed by atoms with E-state index >= 15 is 0 Å². The average Bonchev–Trinajstić information content (AvgIpc) is 2.67. The van der Waals surface area contributed by atoms with E-state index in [1.54, 1.807) is 23.0 Å². The quantitative estimate of drug-likeness (QED) is 0.679. The molecule has 0 atom stereocenters. The van der Waals surface area contributed by atoms with Crippen LogP contribution < -0.4 is 16.1 Å². The van der Waals surface area contributed by atoms with Gasteiger partial charge in [-0.2, -0.15) is 0 Å². The van der Waals surface area contributed by atoms with E-state index < -0.39 is 17.2 Å². The van der Waals surface area contributed by atoms with Crippen molar-refractivity contribution in [3.63, 3.8) is 0 Å². The van der Waals surface area contributed by atoms with Gasteiger partial charge in [-0.25, -0.2) is 0 Å². The molecule has 0 saturated heterocycles. The molecule has 0 aromatic carbocycles. The predicted octanol–water partition coefficient (Wildman–Crippen LogP) is 2.61. The maximum absolute atomic E-state index is 12.9. The van der Waals surface area contributed by atoms with Gasteiger partial charge in [-0.3, -0.25) is 19.4 Å². The zero-order chi connectivity index (χ0) is 21.4. The Balaban J connectivity index is 2.26. The van der Waals surface area contributed by atoms with Crippen LogP contribution in [0.3, 0.4) is 0 Å². The summed E-state index contributed by atoms with van der Waals surface area (Å²) in [6.07, 6.45) is 7.17. The number of carbonyl (C=O) groups is 2. The fraction of sp³-hybridized carbons (Fsp3) is 0.455. The first-order chi connectivity index (χ1) is 13.8. The van der Waals surface area contributed by atoms with E-state index in [2.05, 4.69) is 29.5 Å². The molecule has 0 unspecified atom stereocenters. The first kappa shape index (κ1) is 22.3. The fourth-order valence-electron chi connectivity index (χ4n) is 2.83. The molecular formula is C22H30N4O3. The van der Waals surface area contributed by atoms with Crippen molar-refractivity contribution >= 4 is 11.8 Å². The molecule has 2 N–H and O–H groups in total. The topological polar surface area (TPSA) is 93.1 Å². The third-order valence-electron chi connectivity index (χ3n) is 4.33. The van der Waals surface area contributed by atoms with E-state index in [0.29, 0.717) is 24.9 Å². The summed E-state index contributed by atoms with van der Waals surface area (Å²) in [6.45, 7) is 9.52. The van der Waals surface area contributed by atoms with Gasteiger partial charge in [0.25, 0.3) is 11.8 Å². The lowest BCUT2D eigenvalue weighted by atomic mass is 10.1. The second-order valence-corrected chi connectivity index (χ2v) is 7.99. The monoisotopic (exact) mass is 398 g/mol. The summed E-state index contributed by atoms with van der Waals surface area (Å²) in [6, 6.07) is 3.61. The number of hydrogen-bond donors (Lipinski definition) is 2. The normalized spacial score (nSPS) is 11.0. The number of carbonyl (C=O) groups excluding carboxylic acids is 2. The van der Waals surface area contributed by atoms with Crippen molar-refractivity contribution in [1.82, 2.24) is 20.2 Å². The molecule has 0 spiro atoms. The number of hydrogen-bond acceptors (Lipinski definition) is 4. The molecule has 7 heteroatoms. The highest BCUT2D eigenvalue weighted by atomic mass is 16.2. The van der Waals surface area contributed by atoms with Gasteiger partial charge in [0.1, 0.15) is 11.1 Å². The van der Waals surface area contributed by atoms with E-state index in [1.165, 1.54) is 12.4 Å². The van der Waals surface area contributed by atoms with Crippen LogP contribution in [0.1, 0.15) is 60.4 Å². The number of rotatable bonds is 9. The molecule has 0 radical (unpaired) electrons. The molecule has 2 amide bonds. The van der Waals surface area contributed by atoms with Crippen LogP contribution in [0.5, 0.6) is 0 Å². The highest BCUT2D eigenvalue weighted by Gasteiger charge is 2.19. The van der Waals surface area contributed by atoms with Crippen LogP contribution in [0.4, 0.5) is 0 Å². The van der Waals surface area contributed by atoms with E-state index in [-0.39, 0.29) is 17.7 Å². The first-order valence-corrected chi connectivity index (χ1v) is 9.97. The molecule has 0 fully saturated rings. The minimum atomic E-state index is -0.560. The van der Waals surface area contributed by atoms with Crippen LogP contribution in [0.2, 0.25) is 0 Å². The van der Waals surface area contributed by atoms with Gasteiger partial charge in [-0.05, 0) is 29.9 Å². The molecule has 7 nitrogen and oxygen atoms in total. The molecule has 0 aliphatic rings. The van der Waals surface area contributed by atoms with Gasteiger partial charge in [-0.1, -0.05) is 33.8 Å². The summed E-state index contributed by atoms with van der Waals surface area (Å²) in [4.78, 5) is 42.1. The smallest absolute Gasteiger partial charge is 0.257 e. The van der Waals surface area contributed by atoms with Crippen LogP contribution in [0, 0.1) is 11.8 Å². The second-order valence-electron chi connectivity index (χ2n) is 7.99. The maximum atomic E-state index is 12.9. The number of nitrogens with zero attached hydrogens (tertiary/aromatic N) is 2. The highest BCUT2D eigenvalue weighted by molar-refractivity contribution is 5.99. The van der Waals surface area contributed by atoms with Crippen LogP contribution in [-0.2, 0) is 13.1 Å². The highest BCUT2D eigenvalue weighted by Crippen LogP contribution is 2.05. The summed E-state index contributed by atoms with van der Waals surface area (Å²) < 4.78 is 1.74. The Morgan fingerprint density at radius 3 is 2.24 bits per heavy atom. The molecule has 0 saturated carbocycles. The van der Waals surface area contributed by atoms with Gasteiger partial charge >= 0.3 is 0 Å². The lowest BCUT2D eigenvalue weighted by Crippen LogP contribution is -2.36. The van der Waals surface area contributed by atoms with Crippen molar-refractivity contribution in [3.05, 3.63) is 63.8 Å². The lowest BCUT2D eigenvalue weighted by molar-refractivity contribution is 0.0948. The van der Waals surface area contributed by atoms with Gasteiger partial charge in [0.05, 0.1) is 0 Å². The van der Waals surface area contributed by atoms with Crippen molar-refractivity contribution in [2.24, 2.45) is 11.8 Å². The van der Waals surface area contributed by atoms with Crippen LogP contribution in [0.25, 0.3) is 0 Å². The number of aromatic nitrogens is 2. The zero-order valence-corrected chi connectivity index (χ0v) is 17.6. The molecule has 0 aliphatic heterocycles. The van der Waals surface area contributed by atoms with E-state index in [0.717, 1.165) is 12.0 Å². The minimum absolute atomic E-state index is 0.0107. The summed E-state index contributed by atoms with van der Waals surface area (Å²) in [5.41, 5.74) is 0.219. The maximum Gasteiger partial charge on any atom is 0.257 e. The van der Waals surface area contributed by atoms with Crippen LogP contribution >= 0.6 is 0 Å². The van der Waals surface area contributed by atoms with Crippen molar-refractivity contribution in [2.45, 2.75) is 47.2 Å². The van der Waals surface area contributed by atoms with E-state index in [1.807, 2.05) is 19.9 Å². The molecule has 0 aliphatic carbocycles. The standard InChI is InChI=1S/C22H30N4O3/c1-15(2)7-9-24-21(28)18-13-26(12-16(3)4)14-19(20(18)27)22(29)25-11-17-6-5-8-23-10-17/h5-6,8,10,13-16H,7,9,11-12H2,1-4H3,(H,24,28)(H,25,29). The van der Waals surface area contributed by atoms with Gasteiger partial charge < -0.3 is 15.2 Å². The number of pyridine rings is 2. The fourth-order valence-corrected chi connectivity index (χ4v) is 2.83. The third kappa shape index (κ3) is 6.85. The van der Waals surface area contributed by atoms with Crippen LogP contribution in [0.15, 0.2) is 41.7 Å². The summed E-state index contributed by atoms with van der Waals surface area (Å²) in [7, 11) is 0. The largest absolute Gasteiger partial charge is 0.352 e. The second kappa shape index (κ2) is 10.5. The zero-order valence-electron chi connectivity index (χ0n) is 17.6. The van der Waals surface area contributed by atoms with Crippen LogP contribution in [-0.4, -0.2) is 27.9 Å². The van der Waals surface area contributed by atoms with Gasteiger partial charge in [0.2, 0.25) is 5.43 Å². The molecular weight excluding hydrogens is 368 g/mol. The van der Waals surface area contributed by atoms with Crippen molar-refractivity contribution in [1.29, 1.82) is 0 Å². The van der Waals surface area contributed by atoms with E-state index in [4.69, 9.17) is 0 Å². The molecule has 156 valence electrons. The molecule has 2 aromatic heterocycles. The Bertz CT molecular complexity index is 889. The Morgan fingerprint density at radius 2 is 1.69 bits per heavy atom. The summed E-state index contributed by atoms with van der Waals surface area (Å²) in [5, 5.41) is 5.52. The van der Waals surface area contributed by atoms with Crippen molar-refractivity contribution in [3.8, 4) is 0 Å². The third-order valence-corrected chi connectivity index (χ3v) is 4.33. The Morgan fingerprint density at radius 1 is 1.03 bits per heavy atom. The summed E-state index contributed by atoms with van der Waals surface area (Å²) in [5.74, 6) is -0.221. The SMILES string of the molecule is CC(C)CCNC(=O)c1cn(CC(C)C)cc(C(=O)NCc2cccnc2)c1=O. The molecule has 2 rings (SSSR count). The number of nitrogens with one attached hydrogen (secondary N) is 2. The minimum Gasteiger partial charge on any atom is -0.352 e. The Hall–Kier alpha value is -2.96. The Kier molecular flexibility index (Phi) is 8.12.